The fraction of sp³-hybridized carbons (Fsp3) is 0.214. The van der Waals surface area contributed by atoms with E-state index in [0.717, 1.165) is 22.6 Å². The van der Waals surface area contributed by atoms with Gasteiger partial charge in [-0.3, -0.25) is 9.36 Å². The average molecular weight is 518 g/mol. The van der Waals surface area contributed by atoms with Crippen LogP contribution in [-0.2, 0) is 10.2 Å². The Kier molecular flexibility index (Phi) is 7.91. The summed E-state index contributed by atoms with van der Waals surface area (Å²) in [5.74, 6) is 0.606. The maximum absolute atomic E-state index is 12.6. The molecule has 1 heterocycles. The van der Waals surface area contributed by atoms with Gasteiger partial charge in [0.2, 0.25) is 0 Å². The number of amides is 1. The first-order valence-corrected chi connectivity index (χ1v) is 12.9. The summed E-state index contributed by atoms with van der Waals surface area (Å²) in [6.45, 7) is 8.37. The van der Waals surface area contributed by atoms with E-state index in [4.69, 9.17) is 11.6 Å². The van der Waals surface area contributed by atoms with Crippen LogP contribution in [0.2, 0.25) is 5.02 Å². The lowest BCUT2D eigenvalue weighted by Gasteiger charge is -2.19. The van der Waals surface area contributed by atoms with Gasteiger partial charge >= 0.3 is 0 Å². The molecular formula is C28H28ClN5OS. The summed E-state index contributed by atoms with van der Waals surface area (Å²) in [6, 6.07) is 25.7. The van der Waals surface area contributed by atoms with Crippen LogP contribution in [0.1, 0.15) is 38.8 Å². The number of halogens is 1. The number of carbonyl (C=O) groups excluding carboxylic acids is 1. The van der Waals surface area contributed by atoms with E-state index in [2.05, 4.69) is 65.8 Å². The lowest BCUT2D eigenvalue weighted by molar-refractivity contribution is -0.118. The smallest absolute Gasteiger partial charge is 0.250 e. The van der Waals surface area contributed by atoms with E-state index in [1.165, 1.54) is 17.3 Å². The minimum Gasteiger partial charge on any atom is -0.272 e. The molecule has 3 aromatic carbocycles. The number of hydrazone groups is 1. The normalized spacial score (nSPS) is 12.0. The Bertz CT molecular complexity index is 1380. The second-order valence-electron chi connectivity index (χ2n) is 9.31. The fourth-order valence-electron chi connectivity index (χ4n) is 3.60. The number of hydrogen-bond acceptors (Lipinski definition) is 5. The lowest BCUT2D eigenvalue weighted by atomic mass is 9.87. The summed E-state index contributed by atoms with van der Waals surface area (Å²) >= 11 is 7.52. The molecule has 0 aliphatic heterocycles. The first-order valence-electron chi connectivity index (χ1n) is 11.6. The number of thioether (sulfide) groups is 1. The molecule has 1 N–H and O–H groups in total. The van der Waals surface area contributed by atoms with Crippen molar-refractivity contribution < 1.29 is 4.79 Å². The molecule has 0 saturated carbocycles. The number of nitrogens with one attached hydrogen (secondary N) is 1. The van der Waals surface area contributed by atoms with E-state index in [0.29, 0.717) is 15.9 Å². The van der Waals surface area contributed by atoms with Crippen LogP contribution in [0.4, 0.5) is 0 Å². The van der Waals surface area contributed by atoms with E-state index in [1.807, 2.05) is 53.1 Å². The molecule has 184 valence electrons. The molecule has 0 aliphatic carbocycles. The van der Waals surface area contributed by atoms with Crippen molar-refractivity contribution in [2.45, 2.75) is 38.3 Å². The third-order valence-electron chi connectivity index (χ3n) is 5.60. The minimum atomic E-state index is -0.245. The predicted octanol–water partition coefficient (Wildman–Crippen LogP) is 6.52. The van der Waals surface area contributed by atoms with Gasteiger partial charge < -0.3 is 0 Å². The third kappa shape index (κ3) is 6.04. The average Bonchev–Trinajstić information content (AvgIpc) is 3.30. The van der Waals surface area contributed by atoms with Crippen molar-refractivity contribution in [1.82, 2.24) is 20.2 Å². The largest absolute Gasteiger partial charge is 0.272 e. The molecule has 0 fully saturated rings. The molecule has 8 heteroatoms. The molecule has 36 heavy (non-hydrogen) atoms. The molecule has 0 bridgehead atoms. The number of para-hydroxylation sites is 1. The van der Waals surface area contributed by atoms with Crippen molar-refractivity contribution in [2.24, 2.45) is 5.10 Å². The minimum absolute atomic E-state index is 0.0622. The maximum Gasteiger partial charge on any atom is 0.250 e. The summed E-state index contributed by atoms with van der Waals surface area (Å²) in [6.07, 6.45) is 0. The van der Waals surface area contributed by atoms with E-state index in [9.17, 15) is 4.79 Å². The number of carbonyl (C=O) groups is 1. The van der Waals surface area contributed by atoms with Crippen molar-refractivity contribution in [1.29, 1.82) is 0 Å². The van der Waals surface area contributed by atoms with Crippen LogP contribution in [0.5, 0.6) is 0 Å². The number of benzene rings is 3. The first-order chi connectivity index (χ1) is 17.2. The van der Waals surface area contributed by atoms with E-state index in [-0.39, 0.29) is 17.1 Å². The summed E-state index contributed by atoms with van der Waals surface area (Å²) in [7, 11) is 0. The SMILES string of the molecule is CC(=NNC(=O)CSc1nnc(-c2ccc(C(C)(C)C)cc2)n1-c1ccccc1)c1ccccc1Cl. The highest BCUT2D eigenvalue weighted by Crippen LogP contribution is 2.30. The van der Waals surface area contributed by atoms with Crippen molar-refractivity contribution in [3.05, 3.63) is 95.0 Å². The van der Waals surface area contributed by atoms with Crippen LogP contribution in [0, 0.1) is 0 Å². The lowest BCUT2D eigenvalue weighted by Crippen LogP contribution is -2.21. The Labute approximate surface area is 220 Å². The highest BCUT2D eigenvalue weighted by atomic mass is 35.5. The van der Waals surface area contributed by atoms with Crippen LogP contribution in [0.3, 0.4) is 0 Å². The first kappa shape index (κ1) is 25.7. The zero-order valence-corrected chi connectivity index (χ0v) is 22.3. The maximum atomic E-state index is 12.6. The third-order valence-corrected chi connectivity index (χ3v) is 6.86. The topological polar surface area (TPSA) is 72.2 Å². The van der Waals surface area contributed by atoms with Gasteiger partial charge in [0.25, 0.3) is 5.91 Å². The predicted molar refractivity (Wildman–Crippen MR) is 148 cm³/mol. The van der Waals surface area contributed by atoms with Crippen molar-refractivity contribution in [3.63, 3.8) is 0 Å². The second kappa shape index (κ2) is 11.1. The Balaban J connectivity index is 1.54. The monoisotopic (exact) mass is 517 g/mol. The van der Waals surface area contributed by atoms with Gasteiger partial charge in [0.1, 0.15) is 0 Å². The van der Waals surface area contributed by atoms with Crippen molar-refractivity contribution in [3.8, 4) is 17.1 Å². The summed E-state index contributed by atoms with van der Waals surface area (Å²) < 4.78 is 1.97. The number of nitrogens with zero attached hydrogens (tertiary/aromatic N) is 4. The molecule has 0 aliphatic rings. The highest BCUT2D eigenvalue weighted by Gasteiger charge is 2.19. The van der Waals surface area contributed by atoms with Crippen LogP contribution in [0.25, 0.3) is 17.1 Å². The van der Waals surface area contributed by atoms with Crippen LogP contribution >= 0.6 is 23.4 Å². The quantitative estimate of drug-likeness (QED) is 0.172. The Hall–Kier alpha value is -3.42. The fourth-order valence-corrected chi connectivity index (χ4v) is 4.62. The van der Waals surface area contributed by atoms with E-state index < -0.39 is 0 Å². The molecule has 1 aromatic heterocycles. The van der Waals surface area contributed by atoms with Crippen molar-refractivity contribution >= 4 is 35.0 Å². The van der Waals surface area contributed by atoms with Gasteiger partial charge in [0.05, 0.1) is 11.5 Å². The van der Waals surface area contributed by atoms with Gasteiger partial charge in [-0.05, 0) is 36.1 Å². The standard InChI is InChI=1S/C28H28ClN5OS/c1-19(23-12-8-9-13-24(23)29)30-31-25(35)18-36-27-33-32-26(34(27)22-10-6-5-7-11-22)20-14-16-21(17-15-20)28(2,3)4/h5-17H,18H2,1-4H3,(H,31,35). The number of rotatable bonds is 7. The van der Waals surface area contributed by atoms with E-state index in [1.54, 1.807) is 13.0 Å². The molecule has 0 atom stereocenters. The molecular weight excluding hydrogens is 490 g/mol. The molecule has 4 aromatic rings. The number of aromatic nitrogens is 3. The summed E-state index contributed by atoms with van der Waals surface area (Å²) in [4.78, 5) is 12.6. The zero-order valence-electron chi connectivity index (χ0n) is 20.7. The number of hydrogen-bond donors (Lipinski definition) is 1. The zero-order chi connectivity index (χ0) is 25.7. The molecule has 0 unspecified atom stereocenters. The van der Waals surface area contributed by atoms with Crippen LogP contribution in [-0.4, -0.2) is 32.1 Å². The van der Waals surface area contributed by atoms with Gasteiger partial charge in [-0.15, -0.1) is 10.2 Å². The van der Waals surface area contributed by atoms with Gasteiger partial charge in [-0.25, -0.2) is 5.43 Å². The summed E-state index contributed by atoms with van der Waals surface area (Å²) in [5.41, 5.74) is 7.20. The van der Waals surface area contributed by atoms with Gasteiger partial charge in [0.15, 0.2) is 11.0 Å². The molecule has 6 nitrogen and oxygen atoms in total. The molecule has 0 spiro atoms. The molecule has 0 radical (unpaired) electrons. The van der Waals surface area contributed by atoms with Gasteiger partial charge in [0, 0.05) is 21.8 Å². The van der Waals surface area contributed by atoms with Gasteiger partial charge in [-0.2, -0.15) is 5.10 Å². The Morgan fingerprint density at radius 2 is 1.64 bits per heavy atom. The summed E-state index contributed by atoms with van der Waals surface area (Å²) in [5, 5.41) is 14.3. The highest BCUT2D eigenvalue weighted by molar-refractivity contribution is 7.99. The Morgan fingerprint density at radius 3 is 2.31 bits per heavy atom. The van der Waals surface area contributed by atoms with Crippen molar-refractivity contribution in [2.75, 3.05) is 5.75 Å². The molecule has 0 saturated heterocycles. The van der Waals surface area contributed by atoms with Crippen LogP contribution in [0.15, 0.2) is 89.1 Å². The van der Waals surface area contributed by atoms with E-state index >= 15 is 0 Å². The second-order valence-corrected chi connectivity index (χ2v) is 10.7. The molecule has 4 rings (SSSR count). The molecule has 1 amide bonds. The van der Waals surface area contributed by atoms with Gasteiger partial charge in [-0.1, -0.05) is 105 Å². The Morgan fingerprint density at radius 1 is 0.972 bits per heavy atom. The van der Waals surface area contributed by atoms with Crippen LogP contribution < -0.4 is 5.43 Å².